The van der Waals surface area contributed by atoms with Crippen LogP contribution in [0.15, 0.2) is 12.2 Å². The predicted molar refractivity (Wildman–Crippen MR) is 80.9 cm³/mol. The third-order valence-corrected chi connectivity index (χ3v) is 5.35. The first-order chi connectivity index (χ1) is 9.83. The van der Waals surface area contributed by atoms with E-state index in [9.17, 15) is 4.39 Å². The van der Waals surface area contributed by atoms with Crippen molar-refractivity contribution < 1.29 is 4.39 Å². The van der Waals surface area contributed by atoms with Gasteiger partial charge in [0.15, 0.2) is 0 Å². The lowest BCUT2D eigenvalue weighted by atomic mass is 9.69. The minimum atomic E-state index is -0.192. The van der Waals surface area contributed by atoms with Crippen LogP contribution in [0.1, 0.15) is 64.2 Å². The molecule has 0 bridgehead atoms. The average molecular weight is 277 g/mol. The van der Waals surface area contributed by atoms with E-state index in [-0.39, 0.29) is 6.67 Å². The Morgan fingerprint density at radius 3 is 2.10 bits per heavy atom. The maximum Gasteiger partial charge on any atom is 0.0897 e. The van der Waals surface area contributed by atoms with Crippen molar-refractivity contribution in [3.8, 4) is 6.07 Å². The summed E-state index contributed by atoms with van der Waals surface area (Å²) >= 11 is 0. The summed E-state index contributed by atoms with van der Waals surface area (Å²) < 4.78 is 12.0. The van der Waals surface area contributed by atoms with Gasteiger partial charge in [-0.05, 0) is 82.0 Å². The monoisotopic (exact) mass is 277 g/mol. The molecule has 0 spiro atoms. The van der Waals surface area contributed by atoms with Gasteiger partial charge < -0.3 is 0 Å². The fraction of sp³-hybridized carbons (Fsp3) is 0.833. The molecule has 20 heavy (non-hydrogen) atoms. The van der Waals surface area contributed by atoms with Gasteiger partial charge in [0.05, 0.1) is 12.7 Å². The minimum absolute atomic E-state index is 0.192. The van der Waals surface area contributed by atoms with Crippen LogP contribution in [-0.4, -0.2) is 6.67 Å². The van der Waals surface area contributed by atoms with Crippen molar-refractivity contribution in [1.82, 2.24) is 0 Å². The summed E-state index contributed by atoms with van der Waals surface area (Å²) in [6, 6.07) is 2.43. The Bertz CT molecular complexity index is 328. The normalized spacial score (nSPS) is 35.0. The number of alkyl halides is 1. The molecule has 0 N–H and O–H groups in total. The van der Waals surface area contributed by atoms with Crippen LogP contribution in [0.5, 0.6) is 0 Å². The number of rotatable bonds is 5. The summed E-state index contributed by atoms with van der Waals surface area (Å²) in [5.41, 5.74) is 0. The first-order valence-electron chi connectivity index (χ1n) is 8.45. The second-order valence-corrected chi connectivity index (χ2v) is 6.68. The van der Waals surface area contributed by atoms with Crippen molar-refractivity contribution in [3.05, 3.63) is 12.2 Å². The smallest absolute Gasteiger partial charge is 0.0897 e. The fourth-order valence-corrected chi connectivity index (χ4v) is 4.01. The Labute approximate surface area is 123 Å². The summed E-state index contributed by atoms with van der Waals surface area (Å²) in [4.78, 5) is 0. The van der Waals surface area contributed by atoms with Gasteiger partial charge in [-0.1, -0.05) is 12.2 Å². The highest BCUT2D eigenvalue weighted by atomic mass is 19.1. The molecule has 112 valence electrons. The topological polar surface area (TPSA) is 23.8 Å². The Morgan fingerprint density at radius 1 is 0.950 bits per heavy atom. The molecule has 2 saturated carbocycles. The lowest BCUT2D eigenvalue weighted by Gasteiger charge is -2.36. The standard InChI is InChI=1S/C18H28FN/c19-13-3-1-2-4-15-5-9-17(10-6-15)18-11-7-16(14-20)8-12-18/h2,4,15-18H,1,3,5-13H2/b4-2+/t15-,16?,17-,18?. The van der Waals surface area contributed by atoms with E-state index in [0.717, 1.165) is 37.0 Å². The first-order valence-corrected chi connectivity index (χ1v) is 8.45. The molecule has 1 nitrogen and oxygen atoms in total. The molecule has 2 fully saturated rings. The predicted octanol–water partition coefficient (Wildman–Crippen LogP) is 5.43. The molecule has 0 unspecified atom stereocenters. The van der Waals surface area contributed by atoms with Gasteiger partial charge in [-0.3, -0.25) is 4.39 Å². The second-order valence-electron chi connectivity index (χ2n) is 6.68. The SMILES string of the molecule is N#CC1CCC([C@H]2CC[C@H](/C=C/CCCF)CC2)CC1. The summed E-state index contributed by atoms with van der Waals surface area (Å²) in [5.74, 6) is 2.86. The highest BCUT2D eigenvalue weighted by Gasteiger charge is 2.30. The van der Waals surface area contributed by atoms with Crippen LogP contribution in [0.4, 0.5) is 4.39 Å². The van der Waals surface area contributed by atoms with E-state index in [2.05, 4.69) is 18.2 Å². The van der Waals surface area contributed by atoms with E-state index in [1.807, 2.05) is 0 Å². The Balaban J connectivity index is 1.67. The van der Waals surface area contributed by atoms with Crippen LogP contribution in [0.25, 0.3) is 0 Å². The maximum atomic E-state index is 12.0. The Hall–Kier alpha value is -0.840. The van der Waals surface area contributed by atoms with Crippen LogP contribution >= 0.6 is 0 Å². The maximum absolute atomic E-state index is 12.0. The minimum Gasteiger partial charge on any atom is -0.251 e. The number of allylic oxidation sites excluding steroid dienone is 2. The molecule has 0 radical (unpaired) electrons. The highest BCUT2D eigenvalue weighted by Crippen LogP contribution is 2.41. The van der Waals surface area contributed by atoms with Crippen molar-refractivity contribution in [1.29, 1.82) is 5.26 Å². The third-order valence-electron chi connectivity index (χ3n) is 5.35. The fourth-order valence-electron chi connectivity index (χ4n) is 4.01. The molecule has 0 amide bonds. The van der Waals surface area contributed by atoms with Crippen LogP contribution in [0, 0.1) is 35.0 Å². The number of hydrogen-bond acceptors (Lipinski definition) is 1. The van der Waals surface area contributed by atoms with Gasteiger partial charge in [0.25, 0.3) is 0 Å². The Morgan fingerprint density at radius 2 is 1.55 bits per heavy atom. The van der Waals surface area contributed by atoms with Crippen LogP contribution < -0.4 is 0 Å². The van der Waals surface area contributed by atoms with E-state index >= 15 is 0 Å². The van der Waals surface area contributed by atoms with Crippen molar-refractivity contribution in [3.63, 3.8) is 0 Å². The molecule has 0 aromatic heterocycles. The zero-order valence-corrected chi connectivity index (χ0v) is 12.6. The van der Waals surface area contributed by atoms with Crippen molar-refractivity contribution >= 4 is 0 Å². The summed E-state index contributed by atoms with van der Waals surface area (Å²) in [6.07, 6.45) is 16.3. The quantitative estimate of drug-likeness (QED) is 0.485. The lowest BCUT2D eigenvalue weighted by molar-refractivity contribution is 0.168. The number of hydrogen-bond donors (Lipinski definition) is 0. The van der Waals surface area contributed by atoms with E-state index in [4.69, 9.17) is 5.26 Å². The van der Waals surface area contributed by atoms with Crippen LogP contribution in [0.3, 0.4) is 0 Å². The van der Waals surface area contributed by atoms with Crippen molar-refractivity contribution in [2.75, 3.05) is 6.67 Å². The highest BCUT2D eigenvalue weighted by molar-refractivity contribution is 4.93. The number of nitrogens with zero attached hydrogens (tertiary/aromatic N) is 1. The molecule has 0 atom stereocenters. The zero-order chi connectivity index (χ0) is 14.2. The van der Waals surface area contributed by atoms with Crippen molar-refractivity contribution in [2.24, 2.45) is 23.7 Å². The second kappa shape index (κ2) is 8.45. The lowest BCUT2D eigenvalue weighted by Crippen LogP contribution is -2.25. The van der Waals surface area contributed by atoms with Gasteiger partial charge in [-0.15, -0.1) is 0 Å². The molecule has 0 aliphatic heterocycles. The molecule has 2 rings (SSSR count). The number of halogens is 1. The summed E-state index contributed by atoms with van der Waals surface area (Å²) in [7, 11) is 0. The zero-order valence-electron chi connectivity index (χ0n) is 12.6. The van der Waals surface area contributed by atoms with Gasteiger partial charge in [-0.2, -0.15) is 5.26 Å². The number of unbranched alkanes of at least 4 members (excludes halogenated alkanes) is 1. The van der Waals surface area contributed by atoms with Crippen LogP contribution in [0.2, 0.25) is 0 Å². The van der Waals surface area contributed by atoms with E-state index in [1.165, 1.54) is 38.5 Å². The molecule has 2 aliphatic carbocycles. The van der Waals surface area contributed by atoms with Gasteiger partial charge >= 0.3 is 0 Å². The molecule has 0 aromatic rings. The summed E-state index contributed by atoms with van der Waals surface area (Å²) in [5, 5.41) is 8.96. The average Bonchev–Trinajstić information content (AvgIpc) is 2.52. The third kappa shape index (κ3) is 4.62. The molecule has 2 aliphatic rings. The van der Waals surface area contributed by atoms with Gasteiger partial charge in [0, 0.05) is 5.92 Å². The molecular formula is C18H28FN. The molecule has 0 aromatic carbocycles. The number of nitriles is 1. The van der Waals surface area contributed by atoms with Crippen LogP contribution in [-0.2, 0) is 0 Å². The van der Waals surface area contributed by atoms with Gasteiger partial charge in [0.1, 0.15) is 0 Å². The van der Waals surface area contributed by atoms with Crippen molar-refractivity contribution in [2.45, 2.75) is 64.2 Å². The molecule has 0 saturated heterocycles. The largest absolute Gasteiger partial charge is 0.251 e. The summed E-state index contributed by atoms with van der Waals surface area (Å²) in [6.45, 7) is -0.192. The van der Waals surface area contributed by atoms with Gasteiger partial charge in [-0.25, -0.2) is 0 Å². The first kappa shape index (κ1) is 15.5. The van der Waals surface area contributed by atoms with E-state index < -0.39 is 0 Å². The Kier molecular flexibility index (Phi) is 6.57. The molecule has 0 heterocycles. The van der Waals surface area contributed by atoms with E-state index in [1.54, 1.807) is 0 Å². The van der Waals surface area contributed by atoms with Gasteiger partial charge in [0.2, 0.25) is 0 Å². The molecular weight excluding hydrogens is 249 g/mol. The molecule has 2 heteroatoms. The van der Waals surface area contributed by atoms with E-state index in [0.29, 0.717) is 12.3 Å².